The fraction of sp³-hybridized carbons (Fsp3) is 0.680. The Morgan fingerprint density at radius 3 is 1.13 bits per heavy atom. The first kappa shape index (κ1) is 61.7. The summed E-state index contributed by atoms with van der Waals surface area (Å²) in [6.45, 7) is 4.41. The molecular formula is C50H64ClF14NaO4. The number of alkyl halides is 10. The average Bonchev–Trinajstić information content (AvgIpc) is 3.27. The van der Waals surface area contributed by atoms with Crippen molar-refractivity contribution < 1.29 is 112 Å². The Morgan fingerprint density at radius 1 is 0.529 bits per heavy atom. The normalized spacial score (nSPS) is 25.8. The minimum Gasteiger partial charge on any atom is -1.00 e. The Morgan fingerprint density at radius 2 is 0.843 bits per heavy atom. The maximum Gasteiger partial charge on any atom is 1.00 e. The van der Waals surface area contributed by atoms with E-state index in [0.717, 1.165) is 37.5 Å². The molecule has 0 atom stereocenters. The Bertz CT molecular complexity index is 1880. The van der Waals surface area contributed by atoms with Crippen molar-refractivity contribution in [3.63, 3.8) is 0 Å². The molecule has 6 rings (SSSR count). The van der Waals surface area contributed by atoms with E-state index in [1.54, 1.807) is 0 Å². The third-order valence-electron chi connectivity index (χ3n) is 14.2. The van der Waals surface area contributed by atoms with Crippen molar-refractivity contribution in [1.29, 1.82) is 0 Å². The largest absolute Gasteiger partial charge is 1.00 e. The standard InChI is InChI=1S/C25H31F7O2.C22H30F4O2.C3H2ClF3.Na.H/c1-2-3-16-4-6-17(7-5-16)18-8-10-19(11-9-18)25(31,32)34-20-14-21(26)23(22(27)15-20)33-13-12-24(28,29)30;1-2-3-14-4-6-15(7-5-14)16-8-10-17(11-9-16)22(25,26)28-18-12-19(23)21(27)20(24)13-18;4-2-1-3(5,6)7;;/h12-19H,2-11H2,1H3;12-17,27H,2-11H2,1H3;1-2H;;/q;;;+1;-1/b13-12+;;2-1+;;. The van der Waals surface area contributed by atoms with Crippen molar-refractivity contribution in [1.82, 2.24) is 0 Å². The molecule has 0 amide bonds. The van der Waals surface area contributed by atoms with E-state index < -0.39 is 82.7 Å². The molecule has 0 heterocycles. The van der Waals surface area contributed by atoms with Gasteiger partial charge in [0.25, 0.3) is 0 Å². The number of allylic oxidation sites excluding steroid dienone is 2. The molecule has 4 aliphatic carbocycles. The summed E-state index contributed by atoms with van der Waals surface area (Å²) in [5, 5.41) is 9.08. The van der Waals surface area contributed by atoms with Gasteiger partial charge in [0.2, 0.25) is 0 Å². The average molecular weight is 1050 g/mol. The summed E-state index contributed by atoms with van der Waals surface area (Å²) in [5.74, 6) is -7.46. The topological polar surface area (TPSA) is 47.9 Å². The van der Waals surface area contributed by atoms with Gasteiger partial charge >= 0.3 is 54.1 Å². The van der Waals surface area contributed by atoms with Gasteiger partial charge in [-0.15, -0.1) is 0 Å². The van der Waals surface area contributed by atoms with Gasteiger partial charge in [-0.1, -0.05) is 76.8 Å². The minimum absolute atomic E-state index is 0. The van der Waals surface area contributed by atoms with Crippen molar-refractivity contribution in [2.45, 2.75) is 167 Å². The van der Waals surface area contributed by atoms with Crippen LogP contribution in [0.1, 0.15) is 144 Å². The molecule has 20 heteroatoms. The van der Waals surface area contributed by atoms with E-state index in [0.29, 0.717) is 79.2 Å². The monoisotopic (exact) mass is 1050 g/mol. The van der Waals surface area contributed by atoms with E-state index in [4.69, 9.17) is 5.11 Å². The zero-order chi connectivity index (χ0) is 51.2. The van der Waals surface area contributed by atoms with Crippen LogP contribution in [0.3, 0.4) is 0 Å². The van der Waals surface area contributed by atoms with Crippen LogP contribution in [0.15, 0.2) is 48.2 Å². The molecule has 4 fully saturated rings. The predicted molar refractivity (Wildman–Crippen MR) is 235 cm³/mol. The molecule has 0 aliphatic heterocycles. The Kier molecular flexibility index (Phi) is 24.9. The fourth-order valence-electron chi connectivity index (χ4n) is 10.6. The number of ether oxygens (including phenoxy) is 3. The van der Waals surface area contributed by atoms with Crippen LogP contribution < -0.4 is 43.8 Å². The molecule has 0 radical (unpaired) electrons. The van der Waals surface area contributed by atoms with Gasteiger partial charge in [-0.25, -0.2) is 17.6 Å². The molecule has 1 N–H and O–H groups in total. The molecule has 2 aromatic rings. The zero-order valence-electron chi connectivity index (χ0n) is 40.7. The molecule has 0 spiro atoms. The zero-order valence-corrected chi connectivity index (χ0v) is 42.5. The molecule has 0 unspecified atom stereocenters. The predicted octanol–water partition coefficient (Wildman–Crippen LogP) is 15.3. The van der Waals surface area contributed by atoms with Crippen LogP contribution in [0.25, 0.3) is 0 Å². The van der Waals surface area contributed by atoms with Crippen LogP contribution in [0.4, 0.5) is 61.5 Å². The second-order valence-electron chi connectivity index (χ2n) is 18.9. The summed E-state index contributed by atoms with van der Waals surface area (Å²) in [5.41, 5.74) is 0.431. The first-order valence-corrected chi connectivity index (χ1v) is 24.3. The van der Waals surface area contributed by atoms with Crippen LogP contribution in [-0.4, -0.2) is 29.7 Å². The van der Waals surface area contributed by atoms with E-state index in [2.05, 4.69) is 39.7 Å². The summed E-state index contributed by atoms with van der Waals surface area (Å²) in [7, 11) is 0. The third kappa shape index (κ3) is 20.0. The van der Waals surface area contributed by atoms with Gasteiger partial charge in [0.05, 0.1) is 24.2 Å². The first-order valence-electron chi connectivity index (χ1n) is 23.9. The van der Waals surface area contributed by atoms with Gasteiger partial charge in [0, 0.05) is 35.9 Å². The molecule has 0 saturated heterocycles. The quantitative estimate of drug-likeness (QED) is 0.116. The Labute approximate surface area is 430 Å². The molecule has 394 valence electrons. The van der Waals surface area contributed by atoms with Gasteiger partial charge < -0.3 is 20.7 Å². The maximum absolute atomic E-state index is 14.8. The molecule has 0 bridgehead atoms. The fourth-order valence-corrected chi connectivity index (χ4v) is 10.8. The molecule has 70 heavy (non-hydrogen) atoms. The van der Waals surface area contributed by atoms with E-state index in [9.17, 15) is 61.5 Å². The smallest absolute Gasteiger partial charge is 1.00 e. The van der Waals surface area contributed by atoms with E-state index in [-0.39, 0.29) is 62.2 Å². The van der Waals surface area contributed by atoms with Crippen LogP contribution in [0, 0.1) is 70.6 Å². The van der Waals surface area contributed by atoms with Gasteiger partial charge in [-0.2, -0.15) is 43.9 Å². The van der Waals surface area contributed by atoms with E-state index >= 15 is 0 Å². The van der Waals surface area contributed by atoms with Gasteiger partial charge in [-0.05, 0) is 113 Å². The summed E-state index contributed by atoms with van der Waals surface area (Å²) >= 11 is 4.59. The van der Waals surface area contributed by atoms with Gasteiger partial charge in [0.15, 0.2) is 34.8 Å². The number of halogens is 15. The van der Waals surface area contributed by atoms with Gasteiger partial charge in [-0.3, -0.25) is 0 Å². The number of benzene rings is 2. The number of rotatable bonds is 14. The molecule has 0 aromatic heterocycles. The van der Waals surface area contributed by atoms with Crippen molar-refractivity contribution in [2.75, 3.05) is 0 Å². The molecule has 4 nitrogen and oxygen atoms in total. The van der Waals surface area contributed by atoms with Crippen molar-refractivity contribution in [3.8, 4) is 23.0 Å². The van der Waals surface area contributed by atoms with Crippen LogP contribution in [-0.2, 0) is 0 Å². The number of phenols is 1. The molecular weight excluding hydrogens is 989 g/mol. The van der Waals surface area contributed by atoms with Crippen molar-refractivity contribution >= 4 is 11.6 Å². The number of phenolic OH excluding ortho intramolecular Hbond substituents is 1. The molecule has 4 saturated carbocycles. The summed E-state index contributed by atoms with van der Waals surface area (Å²) in [6, 6.07) is 2.14. The van der Waals surface area contributed by atoms with Crippen LogP contribution in [0.2, 0.25) is 0 Å². The second-order valence-corrected chi connectivity index (χ2v) is 19.2. The number of hydrogen-bond donors (Lipinski definition) is 1. The summed E-state index contributed by atoms with van der Waals surface area (Å²) in [6.07, 6.45) is 2.29. The van der Waals surface area contributed by atoms with E-state index in [1.807, 2.05) is 0 Å². The third-order valence-corrected chi connectivity index (χ3v) is 14.3. The summed E-state index contributed by atoms with van der Waals surface area (Å²) in [4.78, 5) is 0. The Hall–Kier alpha value is -2.57. The van der Waals surface area contributed by atoms with E-state index in [1.165, 1.54) is 64.2 Å². The number of hydrogen-bond acceptors (Lipinski definition) is 4. The molecule has 4 aliphatic rings. The SMILES string of the molecule is CCCC1CCC(C2CCC(C(F)(F)Oc3cc(F)c(O)c(F)c3)CC2)CC1.CCCC1CCC(C2CCC(C(F)(F)Oc3cc(F)c(O/C=C/C(F)(F)F)c(F)c3)CC2)CC1.FC(F)(F)/C=C/Cl.[H-].[Na+]. The van der Waals surface area contributed by atoms with Crippen molar-refractivity contribution in [3.05, 3.63) is 71.5 Å². The second kappa shape index (κ2) is 28.2. The maximum atomic E-state index is 14.8. The molecule has 2 aromatic carbocycles. The van der Waals surface area contributed by atoms with Crippen molar-refractivity contribution in [2.24, 2.45) is 47.3 Å². The first-order chi connectivity index (χ1) is 32.3. The summed E-state index contributed by atoms with van der Waals surface area (Å²) < 4.78 is 196. The minimum atomic E-state index is -4.73. The number of aromatic hydroxyl groups is 1. The van der Waals surface area contributed by atoms with Gasteiger partial charge in [0.1, 0.15) is 11.5 Å². The Balaban J connectivity index is 0.000000423. The van der Waals surface area contributed by atoms with Crippen LogP contribution in [0.5, 0.6) is 23.0 Å². The van der Waals surface area contributed by atoms with Crippen LogP contribution >= 0.6 is 11.6 Å².